The maximum atomic E-state index is 11.3. The SMILES string of the molecule is N#Cc1ccc(-n2c3ccc4ccccc4c3c3c4ccccc4ccc32)c(C#N)c1-n1c2ccc3ccccc3c2c2c3ccccc3ccc21. The summed E-state index contributed by atoms with van der Waals surface area (Å²) in [5.41, 5.74) is 6.14. The average Bonchev–Trinajstić information content (AvgIpc) is 3.74. The van der Waals surface area contributed by atoms with Crippen molar-refractivity contribution in [2.45, 2.75) is 0 Å². The van der Waals surface area contributed by atoms with Gasteiger partial charge in [0, 0.05) is 21.5 Å². The first-order valence-corrected chi connectivity index (χ1v) is 17.4. The largest absolute Gasteiger partial charge is 0.308 e. The molecule has 11 rings (SSSR count). The van der Waals surface area contributed by atoms with Gasteiger partial charge in [0.05, 0.1) is 39.0 Å². The molecule has 4 heteroatoms. The van der Waals surface area contributed by atoms with Gasteiger partial charge in [0.25, 0.3) is 0 Å². The van der Waals surface area contributed by atoms with E-state index in [1.807, 2.05) is 12.1 Å². The molecule has 9 aromatic carbocycles. The minimum atomic E-state index is 0.442. The summed E-state index contributed by atoms with van der Waals surface area (Å²) in [6.45, 7) is 0. The van der Waals surface area contributed by atoms with E-state index in [2.05, 4.69) is 167 Å². The molecule has 0 saturated carbocycles. The van der Waals surface area contributed by atoms with Crippen molar-refractivity contribution < 1.29 is 0 Å². The molecule has 52 heavy (non-hydrogen) atoms. The Morgan fingerprint density at radius 3 is 1.08 bits per heavy atom. The number of nitriles is 2. The Bertz CT molecular complexity index is 3250. The molecular weight excluding hydrogens is 633 g/mol. The third-order valence-electron chi connectivity index (χ3n) is 10.9. The van der Waals surface area contributed by atoms with E-state index in [0.29, 0.717) is 16.8 Å². The summed E-state index contributed by atoms with van der Waals surface area (Å²) in [7, 11) is 0. The van der Waals surface area contributed by atoms with E-state index < -0.39 is 0 Å². The van der Waals surface area contributed by atoms with Crippen LogP contribution in [0.5, 0.6) is 0 Å². The maximum Gasteiger partial charge on any atom is 0.104 e. The van der Waals surface area contributed by atoms with E-state index in [0.717, 1.165) is 92.4 Å². The van der Waals surface area contributed by atoms with Gasteiger partial charge in [0.2, 0.25) is 0 Å². The molecule has 0 bridgehead atoms. The van der Waals surface area contributed by atoms with Crippen LogP contribution in [0.2, 0.25) is 0 Å². The van der Waals surface area contributed by atoms with Crippen molar-refractivity contribution in [3.05, 3.63) is 169 Å². The maximum absolute atomic E-state index is 11.3. The van der Waals surface area contributed by atoms with E-state index >= 15 is 0 Å². The van der Waals surface area contributed by atoms with Crippen LogP contribution in [0.4, 0.5) is 0 Å². The lowest BCUT2D eigenvalue weighted by Gasteiger charge is -2.17. The molecular formula is C48H26N4. The molecule has 2 aromatic heterocycles. The Morgan fingerprint density at radius 2 is 0.712 bits per heavy atom. The molecule has 0 unspecified atom stereocenters. The zero-order chi connectivity index (χ0) is 34.5. The van der Waals surface area contributed by atoms with Crippen LogP contribution in [-0.2, 0) is 0 Å². The van der Waals surface area contributed by atoms with E-state index in [4.69, 9.17) is 0 Å². The van der Waals surface area contributed by atoms with Gasteiger partial charge in [-0.25, -0.2) is 0 Å². The fourth-order valence-corrected chi connectivity index (χ4v) is 8.80. The lowest BCUT2D eigenvalue weighted by atomic mass is 10.00. The minimum absolute atomic E-state index is 0.442. The lowest BCUT2D eigenvalue weighted by molar-refractivity contribution is 1.11. The molecule has 0 saturated heterocycles. The molecule has 0 aliphatic heterocycles. The molecule has 0 aliphatic rings. The highest BCUT2D eigenvalue weighted by molar-refractivity contribution is 6.30. The third kappa shape index (κ3) is 3.68. The van der Waals surface area contributed by atoms with Crippen LogP contribution in [0, 0.1) is 22.7 Å². The summed E-state index contributed by atoms with van der Waals surface area (Å²) in [6.07, 6.45) is 0. The first-order chi connectivity index (χ1) is 25.7. The summed E-state index contributed by atoms with van der Waals surface area (Å²) in [5, 5.41) is 35.8. The molecule has 0 radical (unpaired) electrons. The Labute approximate surface area is 297 Å². The topological polar surface area (TPSA) is 57.4 Å². The van der Waals surface area contributed by atoms with Gasteiger partial charge < -0.3 is 9.13 Å². The number of rotatable bonds is 2. The summed E-state index contributed by atoms with van der Waals surface area (Å²) >= 11 is 0. The molecule has 11 aromatic rings. The molecule has 238 valence electrons. The van der Waals surface area contributed by atoms with Crippen LogP contribution in [0.3, 0.4) is 0 Å². The summed E-state index contributed by atoms with van der Waals surface area (Å²) in [4.78, 5) is 0. The second kappa shape index (κ2) is 10.6. The Kier molecular flexibility index (Phi) is 5.77. The van der Waals surface area contributed by atoms with Gasteiger partial charge in [-0.05, 0) is 79.5 Å². The average molecular weight is 659 g/mol. The quantitative estimate of drug-likeness (QED) is 0.186. The highest BCUT2D eigenvalue weighted by atomic mass is 15.0. The molecule has 0 aliphatic carbocycles. The third-order valence-corrected chi connectivity index (χ3v) is 10.9. The molecule has 0 atom stereocenters. The van der Waals surface area contributed by atoms with Gasteiger partial charge in [-0.15, -0.1) is 0 Å². The molecule has 0 amide bonds. The first kappa shape index (κ1) is 28.4. The number of hydrogen-bond donors (Lipinski definition) is 0. The van der Waals surface area contributed by atoms with Crippen LogP contribution < -0.4 is 0 Å². The van der Waals surface area contributed by atoms with Gasteiger partial charge in [-0.1, -0.05) is 121 Å². The zero-order valence-electron chi connectivity index (χ0n) is 27.8. The predicted octanol–water partition coefficient (Wildman–Crippen LogP) is 12.2. The molecule has 0 N–H and O–H groups in total. The van der Waals surface area contributed by atoms with Crippen molar-refractivity contribution in [2.75, 3.05) is 0 Å². The summed E-state index contributed by atoms with van der Waals surface area (Å²) < 4.78 is 4.38. The lowest BCUT2D eigenvalue weighted by Crippen LogP contribution is -2.06. The first-order valence-electron chi connectivity index (χ1n) is 17.4. The fraction of sp³-hybridized carbons (Fsp3) is 0. The summed E-state index contributed by atoms with van der Waals surface area (Å²) in [6, 6.07) is 60.1. The van der Waals surface area contributed by atoms with Crippen molar-refractivity contribution >= 4 is 86.7 Å². The van der Waals surface area contributed by atoms with Crippen molar-refractivity contribution in [1.29, 1.82) is 10.5 Å². The van der Waals surface area contributed by atoms with Crippen molar-refractivity contribution in [1.82, 2.24) is 9.13 Å². The standard InChI is InChI=1S/C48H26N4/c49-27-33-21-22-39(51-40-23-17-29-9-1-5-13-34(29)44(40)45-35-14-6-2-10-30(35)18-24-41(45)51)38(28-50)48(33)52-42-25-19-31-11-3-7-15-36(31)46(42)47-37-16-8-4-12-32(37)20-26-43(47)52/h1-26H. The van der Waals surface area contributed by atoms with E-state index in [1.165, 1.54) is 0 Å². The molecule has 2 heterocycles. The van der Waals surface area contributed by atoms with Crippen LogP contribution in [-0.4, -0.2) is 9.13 Å². The normalized spacial score (nSPS) is 11.8. The smallest absolute Gasteiger partial charge is 0.104 e. The van der Waals surface area contributed by atoms with Gasteiger partial charge in [0.1, 0.15) is 17.7 Å². The Hall–Kier alpha value is -7.40. The number of benzene rings is 9. The van der Waals surface area contributed by atoms with Crippen molar-refractivity contribution in [2.24, 2.45) is 0 Å². The summed E-state index contributed by atoms with van der Waals surface area (Å²) in [5.74, 6) is 0. The van der Waals surface area contributed by atoms with Crippen molar-refractivity contribution in [3.63, 3.8) is 0 Å². The van der Waals surface area contributed by atoms with Crippen LogP contribution in [0.15, 0.2) is 158 Å². The van der Waals surface area contributed by atoms with E-state index in [9.17, 15) is 10.5 Å². The number of nitrogens with zero attached hydrogens (tertiary/aromatic N) is 4. The Morgan fingerprint density at radius 1 is 0.346 bits per heavy atom. The van der Waals surface area contributed by atoms with Gasteiger partial charge in [0.15, 0.2) is 0 Å². The van der Waals surface area contributed by atoms with Crippen LogP contribution >= 0.6 is 0 Å². The highest BCUT2D eigenvalue weighted by Gasteiger charge is 2.25. The van der Waals surface area contributed by atoms with Gasteiger partial charge in [-0.3, -0.25) is 0 Å². The number of fused-ring (bicyclic) bond motifs is 14. The fourth-order valence-electron chi connectivity index (χ4n) is 8.80. The minimum Gasteiger partial charge on any atom is -0.308 e. The number of hydrogen-bond acceptors (Lipinski definition) is 2. The van der Waals surface area contributed by atoms with Gasteiger partial charge >= 0.3 is 0 Å². The zero-order valence-corrected chi connectivity index (χ0v) is 27.8. The second-order valence-corrected chi connectivity index (χ2v) is 13.5. The van der Waals surface area contributed by atoms with Crippen LogP contribution in [0.25, 0.3) is 98.1 Å². The Balaban J connectivity index is 1.34. The van der Waals surface area contributed by atoms with E-state index in [1.54, 1.807) is 0 Å². The molecule has 4 nitrogen and oxygen atoms in total. The van der Waals surface area contributed by atoms with Crippen molar-refractivity contribution in [3.8, 4) is 23.5 Å². The monoisotopic (exact) mass is 658 g/mol. The molecule has 0 fully saturated rings. The van der Waals surface area contributed by atoms with E-state index in [-0.39, 0.29) is 0 Å². The molecule has 0 spiro atoms. The second-order valence-electron chi connectivity index (χ2n) is 13.5. The predicted molar refractivity (Wildman–Crippen MR) is 215 cm³/mol. The highest BCUT2D eigenvalue weighted by Crippen LogP contribution is 2.45. The van der Waals surface area contributed by atoms with Crippen LogP contribution in [0.1, 0.15) is 11.1 Å². The van der Waals surface area contributed by atoms with Gasteiger partial charge in [-0.2, -0.15) is 10.5 Å². The number of aromatic nitrogens is 2.